The summed E-state index contributed by atoms with van der Waals surface area (Å²) in [4.78, 5) is 25.5. The average molecular weight is 431 g/mol. The average Bonchev–Trinajstić information content (AvgIpc) is 3.04. The first-order valence-corrected chi connectivity index (χ1v) is 12.5. The predicted octanol–water partition coefficient (Wildman–Crippen LogP) is 4.97. The van der Waals surface area contributed by atoms with Crippen LogP contribution in [0.5, 0.6) is 0 Å². The Bertz CT molecular complexity index is 819. The molecule has 5 aliphatic rings. The molecule has 172 valence electrons. The third kappa shape index (κ3) is 2.85. The highest BCUT2D eigenvalue weighted by Crippen LogP contribution is 2.69. The fourth-order valence-electron chi connectivity index (χ4n) is 8.39. The standard InChI is InChI=1S/C26H38O5/c1-5-26(29-6-2)30-16-22(28)25(31-26)14-11-21-19-8-7-17-15-18(27)9-12-23(17,3)20(19)10-13-24(21,25)4/h15,19-21H,5-14,16H2,1-4H3/t19-,20+,21+,23+,24+,25+,26?/m1/s1. The first-order chi connectivity index (χ1) is 14.7. The Labute approximate surface area is 186 Å². The van der Waals surface area contributed by atoms with E-state index in [0.29, 0.717) is 43.0 Å². The second-order valence-electron chi connectivity index (χ2n) is 11.1. The summed E-state index contributed by atoms with van der Waals surface area (Å²) in [6, 6.07) is 0. The van der Waals surface area contributed by atoms with Gasteiger partial charge in [0.05, 0.1) is 0 Å². The van der Waals surface area contributed by atoms with Crippen molar-refractivity contribution in [3.05, 3.63) is 11.6 Å². The van der Waals surface area contributed by atoms with E-state index in [2.05, 4.69) is 13.8 Å². The van der Waals surface area contributed by atoms with Crippen LogP contribution in [-0.4, -0.2) is 36.4 Å². The van der Waals surface area contributed by atoms with Gasteiger partial charge in [0.15, 0.2) is 11.6 Å². The molecule has 7 atom stereocenters. The van der Waals surface area contributed by atoms with Gasteiger partial charge in [0.1, 0.15) is 12.2 Å². The van der Waals surface area contributed by atoms with E-state index in [1.54, 1.807) is 0 Å². The number of ether oxygens (including phenoxy) is 3. The highest BCUT2D eigenvalue weighted by Gasteiger charge is 2.70. The summed E-state index contributed by atoms with van der Waals surface area (Å²) >= 11 is 0. The van der Waals surface area contributed by atoms with Gasteiger partial charge in [-0.3, -0.25) is 9.59 Å². The van der Waals surface area contributed by atoms with Gasteiger partial charge >= 0.3 is 0 Å². The minimum Gasteiger partial charge on any atom is -0.328 e. The first-order valence-electron chi connectivity index (χ1n) is 12.5. The number of carbonyl (C=O) groups excluding carboxylic acids is 2. The molecule has 0 aromatic carbocycles. The molecule has 5 rings (SSSR count). The lowest BCUT2D eigenvalue weighted by Crippen LogP contribution is -2.66. The number of fused-ring (bicyclic) bond motifs is 6. The third-order valence-corrected chi connectivity index (χ3v) is 10.1. The monoisotopic (exact) mass is 430 g/mol. The smallest absolute Gasteiger partial charge is 0.283 e. The van der Waals surface area contributed by atoms with E-state index in [4.69, 9.17) is 14.2 Å². The third-order valence-electron chi connectivity index (χ3n) is 10.1. The summed E-state index contributed by atoms with van der Waals surface area (Å²) in [5, 5.41) is 0. The van der Waals surface area contributed by atoms with Crippen molar-refractivity contribution in [2.45, 2.75) is 97.1 Å². The lowest BCUT2D eigenvalue weighted by atomic mass is 9.46. The Morgan fingerprint density at radius 1 is 1.03 bits per heavy atom. The molecule has 1 unspecified atom stereocenters. The Morgan fingerprint density at radius 3 is 2.55 bits per heavy atom. The van der Waals surface area contributed by atoms with Crippen molar-refractivity contribution >= 4 is 11.6 Å². The molecule has 4 fully saturated rings. The van der Waals surface area contributed by atoms with Crippen LogP contribution in [0.1, 0.15) is 85.5 Å². The van der Waals surface area contributed by atoms with Crippen molar-refractivity contribution < 1.29 is 23.8 Å². The maximum atomic E-state index is 13.4. The number of hydrogen-bond donors (Lipinski definition) is 0. The van der Waals surface area contributed by atoms with Gasteiger partial charge in [-0.15, -0.1) is 0 Å². The van der Waals surface area contributed by atoms with Crippen LogP contribution >= 0.6 is 0 Å². The number of ketones is 2. The number of rotatable bonds is 3. The normalized spacial score (nSPS) is 49.4. The maximum absolute atomic E-state index is 13.4. The molecular weight excluding hydrogens is 392 g/mol. The van der Waals surface area contributed by atoms with Gasteiger partial charge in [0.25, 0.3) is 5.97 Å². The highest BCUT2D eigenvalue weighted by atomic mass is 16.9. The SMILES string of the molecule is CCOC1(CC)OCC(=O)[C@]2(CC[C@H]3[C@@H]4CCC5=CC(=O)CC[C@]5(C)[C@H]4CC[C@@]32C)O1. The molecule has 4 aliphatic carbocycles. The number of Topliss-reactive ketones (excluding diaryl/α,β-unsaturated/α-hetero) is 1. The minimum absolute atomic E-state index is 0.0803. The van der Waals surface area contributed by atoms with Gasteiger partial charge in [-0.2, -0.15) is 0 Å². The molecule has 5 nitrogen and oxygen atoms in total. The van der Waals surface area contributed by atoms with E-state index < -0.39 is 11.6 Å². The number of carbonyl (C=O) groups is 2. The van der Waals surface area contributed by atoms with Gasteiger partial charge in [0, 0.05) is 24.9 Å². The van der Waals surface area contributed by atoms with Gasteiger partial charge in [0.2, 0.25) is 0 Å². The summed E-state index contributed by atoms with van der Waals surface area (Å²) in [7, 11) is 0. The lowest BCUT2D eigenvalue weighted by Gasteiger charge is -2.60. The highest BCUT2D eigenvalue weighted by molar-refractivity contribution is 5.92. The Morgan fingerprint density at radius 2 is 1.81 bits per heavy atom. The Balaban J connectivity index is 1.48. The molecule has 31 heavy (non-hydrogen) atoms. The molecular formula is C26H38O5. The van der Waals surface area contributed by atoms with Crippen molar-refractivity contribution in [3.8, 4) is 0 Å². The van der Waals surface area contributed by atoms with E-state index in [1.807, 2.05) is 19.9 Å². The lowest BCUT2D eigenvalue weighted by molar-refractivity contribution is -0.429. The molecule has 1 aliphatic heterocycles. The summed E-state index contributed by atoms with van der Waals surface area (Å²) in [6.07, 6.45) is 10.3. The zero-order valence-electron chi connectivity index (χ0n) is 19.6. The second kappa shape index (κ2) is 7.23. The summed E-state index contributed by atoms with van der Waals surface area (Å²) < 4.78 is 18.5. The second-order valence-corrected chi connectivity index (χ2v) is 11.1. The first kappa shape index (κ1) is 21.8. The maximum Gasteiger partial charge on any atom is 0.283 e. The minimum atomic E-state index is -1.10. The van der Waals surface area contributed by atoms with Crippen molar-refractivity contribution in [2.24, 2.45) is 28.6 Å². The van der Waals surface area contributed by atoms with E-state index in [0.717, 1.165) is 44.9 Å². The molecule has 1 spiro atoms. The van der Waals surface area contributed by atoms with Crippen LogP contribution in [-0.2, 0) is 23.8 Å². The van der Waals surface area contributed by atoms with Crippen LogP contribution < -0.4 is 0 Å². The van der Waals surface area contributed by atoms with Crippen LogP contribution in [0, 0.1) is 28.6 Å². The van der Waals surface area contributed by atoms with Crippen LogP contribution in [0.25, 0.3) is 0 Å². The van der Waals surface area contributed by atoms with E-state index in [-0.39, 0.29) is 23.2 Å². The van der Waals surface area contributed by atoms with Crippen LogP contribution in [0.3, 0.4) is 0 Å². The summed E-state index contributed by atoms with van der Waals surface area (Å²) in [6.45, 7) is 9.24. The Hall–Kier alpha value is -1.04. The zero-order valence-corrected chi connectivity index (χ0v) is 19.6. The molecule has 0 N–H and O–H groups in total. The largest absolute Gasteiger partial charge is 0.328 e. The molecule has 0 aromatic heterocycles. The molecule has 1 saturated heterocycles. The number of hydrogen-bond acceptors (Lipinski definition) is 5. The quantitative estimate of drug-likeness (QED) is 0.632. The summed E-state index contributed by atoms with van der Waals surface area (Å²) in [5.41, 5.74) is 0.550. The van der Waals surface area contributed by atoms with E-state index >= 15 is 0 Å². The van der Waals surface area contributed by atoms with Gasteiger partial charge in [-0.1, -0.05) is 26.3 Å². The van der Waals surface area contributed by atoms with Gasteiger partial charge in [-0.05, 0) is 81.1 Å². The molecule has 0 aromatic rings. The van der Waals surface area contributed by atoms with Crippen molar-refractivity contribution in [3.63, 3.8) is 0 Å². The van der Waals surface area contributed by atoms with Crippen LogP contribution in [0.15, 0.2) is 11.6 Å². The summed E-state index contributed by atoms with van der Waals surface area (Å²) in [5.74, 6) is 0.975. The Kier molecular flexibility index (Phi) is 5.08. The van der Waals surface area contributed by atoms with Crippen LogP contribution in [0.4, 0.5) is 0 Å². The fraction of sp³-hybridized carbons (Fsp3) is 0.846. The van der Waals surface area contributed by atoms with Gasteiger partial charge < -0.3 is 14.2 Å². The van der Waals surface area contributed by atoms with E-state index in [9.17, 15) is 9.59 Å². The van der Waals surface area contributed by atoms with Crippen LogP contribution in [0.2, 0.25) is 0 Å². The molecule has 0 bridgehead atoms. The predicted molar refractivity (Wildman–Crippen MR) is 116 cm³/mol. The molecule has 1 heterocycles. The van der Waals surface area contributed by atoms with Crippen molar-refractivity contribution in [2.75, 3.05) is 13.2 Å². The van der Waals surface area contributed by atoms with Gasteiger partial charge in [-0.25, -0.2) is 0 Å². The van der Waals surface area contributed by atoms with E-state index in [1.165, 1.54) is 5.57 Å². The zero-order chi connectivity index (χ0) is 22.1. The van der Waals surface area contributed by atoms with Crippen molar-refractivity contribution in [1.82, 2.24) is 0 Å². The fourth-order valence-corrected chi connectivity index (χ4v) is 8.39. The molecule has 5 heteroatoms. The molecule has 0 radical (unpaired) electrons. The molecule has 3 saturated carbocycles. The van der Waals surface area contributed by atoms with Crippen molar-refractivity contribution in [1.29, 1.82) is 0 Å². The molecule has 0 amide bonds. The topological polar surface area (TPSA) is 61.8 Å². The number of allylic oxidation sites excluding steroid dienone is 1.